The lowest BCUT2D eigenvalue weighted by atomic mass is 9.96. The fraction of sp³-hybridized carbons (Fsp3) is 0.333. The molecule has 0 aliphatic carbocycles. The minimum atomic E-state index is -0.145. The molecule has 0 bridgehead atoms. The molecular weight excluding hydrogens is 362 g/mol. The number of nitrogens with zero attached hydrogens (tertiary/aromatic N) is 3. The number of carbonyl (C=O) groups is 1. The lowest BCUT2D eigenvalue weighted by molar-refractivity contribution is -0.134. The van der Waals surface area contributed by atoms with Crippen LogP contribution in [0.15, 0.2) is 60.9 Å². The van der Waals surface area contributed by atoms with Gasteiger partial charge in [-0.25, -0.2) is 0 Å². The van der Waals surface area contributed by atoms with Gasteiger partial charge in [0.2, 0.25) is 5.91 Å². The first-order valence-corrected chi connectivity index (χ1v) is 10.1. The predicted octanol–water partition coefficient (Wildman–Crippen LogP) is 3.69. The Morgan fingerprint density at radius 2 is 1.69 bits per heavy atom. The van der Waals surface area contributed by atoms with Crippen molar-refractivity contribution in [3.8, 4) is 5.75 Å². The molecule has 1 aliphatic rings. The van der Waals surface area contributed by atoms with Gasteiger partial charge in [-0.1, -0.05) is 24.3 Å². The SMILES string of the molecule is COc1ccc2cc([C@H](C)C(=O)N3CCN(Cc4ccncc4)CC3)ccc2c1. The molecule has 0 saturated carbocycles. The van der Waals surface area contributed by atoms with Crippen molar-refractivity contribution in [1.82, 2.24) is 14.8 Å². The summed E-state index contributed by atoms with van der Waals surface area (Å²) in [6.07, 6.45) is 3.66. The largest absolute Gasteiger partial charge is 0.497 e. The minimum absolute atomic E-state index is 0.145. The number of carbonyl (C=O) groups excluding carboxylic acids is 1. The van der Waals surface area contributed by atoms with E-state index in [4.69, 9.17) is 4.74 Å². The zero-order valence-corrected chi connectivity index (χ0v) is 17.0. The van der Waals surface area contributed by atoms with E-state index < -0.39 is 0 Å². The number of methoxy groups -OCH3 is 1. The molecule has 1 saturated heterocycles. The van der Waals surface area contributed by atoms with Crippen LogP contribution in [0.25, 0.3) is 10.8 Å². The summed E-state index contributed by atoms with van der Waals surface area (Å²) < 4.78 is 5.30. The lowest BCUT2D eigenvalue weighted by Crippen LogP contribution is -2.49. The number of aromatic nitrogens is 1. The Bertz CT molecular complexity index is 982. The number of ether oxygens (including phenoxy) is 1. The Morgan fingerprint density at radius 3 is 2.41 bits per heavy atom. The van der Waals surface area contributed by atoms with E-state index in [9.17, 15) is 4.79 Å². The van der Waals surface area contributed by atoms with E-state index in [2.05, 4.69) is 40.2 Å². The van der Waals surface area contributed by atoms with E-state index in [-0.39, 0.29) is 11.8 Å². The van der Waals surface area contributed by atoms with E-state index >= 15 is 0 Å². The Labute approximate surface area is 171 Å². The number of fused-ring (bicyclic) bond motifs is 1. The van der Waals surface area contributed by atoms with E-state index in [1.165, 1.54) is 5.56 Å². The first-order valence-electron chi connectivity index (χ1n) is 10.1. The Balaban J connectivity index is 1.39. The van der Waals surface area contributed by atoms with Crippen LogP contribution in [0.1, 0.15) is 24.0 Å². The van der Waals surface area contributed by atoms with Gasteiger partial charge in [-0.15, -0.1) is 0 Å². The third-order valence-electron chi connectivity index (χ3n) is 5.78. The van der Waals surface area contributed by atoms with Gasteiger partial charge < -0.3 is 9.64 Å². The highest BCUT2D eigenvalue weighted by Gasteiger charge is 2.26. The summed E-state index contributed by atoms with van der Waals surface area (Å²) in [5, 5.41) is 2.25. The van der Waals surface area contributed by atoms with Crippen LogP contribution >= 0.6 is 0 Å². The average molecular weight is 389 g/mol. The normalized spacial score (nSPS) is 16.0. The second kappa shape index (κ2) is 8.62. The van der Waals surface area contributed by atoms with E-state index in [0.29, 0.717) is 0 Å². The maximum absolute atomic E-state index is 13.1. The molecule has 5 nitrogen and oxygen atoms in total. The molecule has 29 heavy (non-hydrogen) atoms. The van der Waals surface area contributed by atoms with Crippen molar-refractivity contribution < 1.29 is 9.53 Å². The first-order chi connectivity index (χ1) is 14.1. The van der Waals surface area contributed by atoms with Crippen molar-refractivity contribution in [2.75, 3.05) is 33.3 Å². The lowest BCUT2D eigenvalue weighted by Gasteiger charge is -2.36. The van der Waals surface area contributed by atoms with Gasteiger partial charge in [-0.05, 0) is 53.1 Å². The fourth-order valence-electron chi connectivity index (χ4n) is 3.93. The van der Waals surface area contributed by atoms with Crippen LogP contribution in [0.4, 0.5) is 0 Å². The van der Waals surface area contributed by atoms with Crippen molar-refractivity contribution in [2.45, 2.75) is 19.4 Å². The van der Waals surface area contributed by atoms with Gasteiger partial charge in [0.1, 0.15) is 5.75 Å². The van der Waals surface area contributed by atoms with Gasteiger partial charge in [0, 0.05) is 45.1 Å². The fourth-order valence-corrected chi connectivity index (χ4v) is 3.93. The third kappa shape index (κ3) is 4.40. The number of rotatable bonds is 5. The third-order valence-corrected chi connectivity index (χ3v) is 5.78. The van der Waals surface area contributed by atoms with Gasteiger partial charge in [-0.3, -0.25) is 14.7 Å². The van der Waals surface area contributed by atoms with Crippen LogP contribution < -0.4 is 4.74 Å². The van der Waals surface area contributed by atoms with Gasteiger partial charge in [0.05, 0.1) is 13.0 Å². The monoisotopic (exact) mass is 389 g/mol. The smallest absolute Gasteiger partial charge is 0.229 e. The summed E-state index contributed by atoms with van der Waals surface area (Å²) in [4.78, 5) is 21.6. The van der Waals surface area contributed by atoms with Crippen molar-refractivity contribution in [3.05, 3.63) is 72.1 Å². The zero-order valence-electron chi connectivity index (χ0n) is 17.0. The van der Waals surface area contributed by atoms with Crippen LogP contribution in [-0.2, 0) is 11.3 Å². The molecule has 3 aromatic rings. The topological polar surface area (TPSA) is 45.7 Å². The summed E-state index contributed by atoms with van der Waals surface area (Å²) in [5.74, 6) is 0.911. The maximum Gasteiger partial charge on any atom is 0.229 e. The number of hydrogen-bond acceptors (Lipinski definition) is 4. The number of piperazine rings is 1. The molecule has 5 heteroatoms. The Kier molecular flexibility index (Phi) is 5.76. The molecule has 4 rings (SSSR count). The molecule has 1 aliphatic heterocycles. The molecular formula is C24H27N3O2. The second-order valence-corrected chi connectivity index (χ2v) is 7.65. The molecule has 0 N–H and O–H groups in total. The van der Waals surface area contributed by atoms with Crippen LogP contribution in [0.3, 0.4) is 0 Å². The van der Waals surface area contributed by atoms with Crippen molar-refractivity contribution >= 4 is 16.7 Å². The van der Waals surface area contributed by atoms with Crippen LogP contribution in [0.5, 0.6) is 5.75 Å². The Hall–Kier alpha value is -2.92. The molecule has 1 fully saturated rings. The number of hydrogen-bond donors (Lipinski definition) is 0. The summed E-state index contributed by atoms with van der Waals surface area (Å²) in [6, 6.07) is 16.4. The standard InChI is InChI=1S/C24H27N3O2/c1-18(20-3-4-22-16-23(29-2)6-5-21(22)15-20)24(28)27-13-11-26(12-14-27)17-19-7-9-25-10-8-19/h3-10,15-16,18H,11-14,17H2,1-2H3/t18-/m0/s1. The first kappa shape index (κ1) is 19.4. The average Bonchev–Trinajstić information content (AvgIpc) is 2.78. The van der Waals surface area contributed by atoms with E-state index in [1.54, 1.807) is 7.11 Å². The molecule has 1 atom stereocenters. The van der Waals surface area contributed by atoms with E-state index in [0.717, 1.165) is 54.8 Å². The molecule has 150 valence electrons. The number of pyridine rings is 1. The highest BCUT2D eigenvalue weighted by molar-refractivity contribution is 5.88. The zero-order chi connectivity index (χ0) is 20.2. The highest BCUT2D eigenvalue weighted by atomic mass is 16.5. The number of amides is 1. The van der Waals surface area contributed by atoms with Crippen molar-refractivity contribution in [3.63, 3.8) is 0 Å². The summed E-state index contributed by atoms with van der Waals surface area (Å²) in [5.41, 5.74) is 2.33. The number of benzene rings is 2. The van der Waals surface area contributed by atoms with Crippen molar-refractivity contribution in [2.24, 2.45) is 0 Å². The van der Waals surface area contributed by atoms with Gasteiger partial charge >= 0.3 is 0 Å². The molecule has 1 amide bonds. The van der Waals surface area contributed by atoms with Crippen LogP contribution in [0.2, 0.25) is 0 Å². The van der Waals surface area contributed by atoms with Crippen molar-refractivity contribution in [1.29, 1.82) is 0 Å². The molecule has 2 aromatic carbocycles. The van der Waals surface area contributed by atoms with E-state index in [1.807, 2.05) is 42.4 Å². The Morgan fingerprint density at radius 1 is 1.00 bits per heavy atom. The second-order valence-electron chi connectivity index (χ2n) is 7.65. The molecule has 0 spiro atoms. The predicted molar refractivity (Wildman–Crippen MR) is 115 cm³/mol. The molecule has 0 radical (unpaired) electrons. The van der Waals surface area contributed by atoms with Crippen LogP contribution in [-0.4, -0.2) is 54.0 Å². The van der Waals surface area contributed by atoms with Gasteiger partial charge in [-0.2, -0.15) is 0 Å². The van der Waals surface area contributed by atoms with Gasteiger partial charge in [0.25, 0.3) is 0 Å². The summed E-state index contributed by atoms with van der Waals surface area (Å²) in [6.45, 7) is 6.28. The quantitative estimate of drug-likeness (QED) is 0.668. The molecule has 2 heterocycles. The summed E-state index contributed by atoms with van der Waals surface area (Å²) >= 11 is 0. The van der Waals surface area contributed by atoms with Gasteiger partial charge in [0.15, 0.2) is 0 Å². The summed E-state index contributed by atoms with van der Waals surface area (Å²) in [7, 11) is 1.67. The van der Waals surface area contributed by atoms with Crippen LogP contribution in [0, 0.1) is 0 Å². The molecule has 0 unspecified atom stereocenters. The maximum atomic E-state index is 13.1. The highest BCUT2D eigenvalue weighted by Crippen LogP contribution is 2.26. The minimum Gasteiger partial charge on any atom is -0.497 e. The molecule has 1 aromatic heterocycles.